The smallest absolute Gasteiger partial charge is 0.214 e. The Balaban J connectivity index is 2.94. The van der Waals surface area contributed by atoms with Crippen LogP contribution in [0.1, 0.15) is 5.69 Å². The van der Waals surface area contributed by atoms with Crippen LogP contribution >= 0.6 is 11.3 Å². The molecule has 0 bridgehead atoms. The maximum absolute atomic E-state index is 13.0. The first kappa shape index (κ1) is 7.67. The Morgan fingerprint density at radius 3 is 2.42 bits per heavy atom. The molecule has 0 fully saturated rings. The summed E-state index contributed by atoms with van der Waals surface area (Å²) in [6.45, 7) is 1.47. The predicted octanol–water partition coefficient (Wildman–Crippen LogP) is 2.96. The highest BCUT2D eigenvalue weighted by Gasteiger charge is 2.19. The third-order valence-corrected chi connectivity index (χ3v) is 2.53. The van der Waals surface area contributed by atoms with Gasteiger partial charge in [0.25, 0.3) is 0 Å². The standard InChI is InChI=1S/C7H4F3NS/c1-2-4(8)3-5(9)6(10)12-7(3)11-2/h11H,1H3. The first-order chi connectivity index (χ1) is 5.61. The second-order valence-corrected chi connectivity index (χ2v) is 3.43. The molecule has 0 spiro atoms. The summed E-state index contributed by atoms with van der Waals surface area (Å²) in [4.78, 5) is 2.76. The van der Waals surface area contributed by atoms with E-state index >= 15 is 0 Å². The molecule has 0 saturated carbocycles. The van der Waals surface area contributed by atoms with Crippen LogP contribution in [0.25, 0.3) is 10.2 Å². The first-order valence-electron chi connectivity index (χ1n) is 3.23. The minimum Gasteiger partial charge on any atom is -0.348 e. The van der Waals surface area contributed by atoms with E-state index in [1.165, 1.54) is 6.92 Å². The largest absolute Gasteiger partial charge is 0.348 e. The Morgan fingerprint density at radius 2 is 1.83 bits per heavy atom. The monoisotopic (exact) mass is 191 g/mol. The molecule has 0 aliphatic rings. The van der Waals surface area contributed by atoms with Crippen molar-refractivity contribution >= 4 is 21.6 Å². The van der Waals surface area contributed by atoms with E-state index in [1.54, 1.807) is 0 Å². The van der Waals surface area contributed by atoms with E-state index in [4.69, 9.17) is 0 Å². The van der Waals surface area contributed by atoms with Crippen molar-refractivity contribution < 1.29 is 13.2 Å². The van der Waals surface area contributed by atoms with Crippen LogP contribution in [0.15, 0.2) is 0 Å². The van der Waals surface area contributed by atoms with Crippen LogP contribution in [0.3, 0.4) is 0 Å². The summed E-state index contributed by atoms with van der Waals surface area (Å²) in [5, 5.41) is -1.25. The van der Waals surface area contributed by atoms with Crippen molar-refractivity contribution in [2.24, 2.45) is 0 Å². The molecular formula is C7H4F3NS. The van der Waals surface area contributed by atoms with Crippen molar-refractivity contribution in [2.45, 2.75) is 6.92 Å². The normalized spacial score (nSPS) is 11.3. The van der Waals surface area contributed by atoms with Crippen LogP contribution in [-0.4, -0.2) is 4.98 Å². The molecule has 2 rings (SSSR count). The zero-order valence-electron chi connectivity index (χ0n) is 6.04. The highest BCUT2D eigenvalue weighted by Crippen LogP contribution is 2.31. The molecule has 1 N–H and O–H groups in total. The number of thiophene rings is 1. The second kappa shape index (κ2) is 2.26. The van der Waals surface area contributed by atoms with Gasteiger partial charge in [-0.1, -0.05) is 11.3 Å². The van der Waals surface area contributed by atoms with Crippen molar-refractivity contribution in [2.75, 3.05) is 0 Å². The van der Waals surface area contributed by atoms with Crippen molar-refractivity contribution in [1.82, 2.24) is 4.98 Å². The summed E-state index contributed by atoms with van der Waals surface area (Å²) >= 11 is 0.577. The molecule has 2 aromatic heterocycles. The number of hydrogen-bond acceptors (Lipinski definition) is 1. The van der Waals surface area contributed by atoms with Crippen molar-refractivity contribution in [3.63, 3.8) is 0 Å². The molecule has 64 valence electrons. The second-order valence-electron chi connectivity index (χ2n) is 2.46. The van der Waals surface area contributed by atoms with Gasteiger partial charge in [-0.2, -0.15) is 4.39 Å². The molecule has 0 saturated heterocycles. The number of H-pyrrole nitrogens is 1. The van der Waals surface area contributed by atoms with Gasteiger partial charge in [-0.15, -0.1) is 0 Å². The highest BCUT2D eigenvalue weighted by atomic mass is 32.1. The number of aromatic amines is 1. The summed E-state index contributed by atoms with van der Waals surface area (Å²) in [5.41, 5.74) is 0.232. The van der Waals surface area contributed by atoms with Gasteiger partial charge >= 0.3 is 0 Å². The van der Waals surface area contributed by atoms with Gasteiger partial charge in [0, 0.05) is 5.69 Å². The third kappa shape index (κ3) is 0.797. The molecule has 2 aromatic rings. The lowest BCUT2D eigenvalue weighted by molar-refractivity contribution is 0.531. The minimum absolute atomic E-state index is 0.208. The van der Waals surface area contributed by atoms with Gasteiger partial charge in [0.1, 0.15) is 4.83 Å². The van der Waals surface area contributed by atoms with Gasteiger partial charge in [0.15, 0.2) is 11.6 Å². The Hall–Kier alpha value is -0.970. The van der Waals surface area contributed by atoms with Crippen LogP contribution in [-0.2, 0) is 0 Å². The SMILES string of the molecule is Cc1[nH]c2sc(F)c(F)c2c1F. The Kier molecular flexibility index (Phi) is 1.44. The molecule has 0 aromatic carbocycles. The fraction of sp³-hybridized carbons (Fsp3) is 0.143. The predicted molar refractivity (Wildman–Crippen MR) is 40.8 cm³/mol. The molecule has 0 amide bonds. The third-order valence-electron chi connectivity index (χ3n) is 1.66. The molecule has 0 radical (unpaired) electrons. The van der Waals surface area contributed by atoms with Gasteiger partial charge < -0.3 is 4.98 Å². The molecule has 12 heavy (non-hydrogen) atoms. The highest BCUT2D eigenvalue weighted by molar-refractivity contribution is 7.17. The molecule has 1 nitrogen and oxygen atoms in total. The van der Waals surface area contributed by atoms with Gasteiger partial charge in [-0.05, 0) is 6.92 Å². The zero-order chi connectivity index (χ0) is 8.88. The van der Waals surface area contributed by atoms with Crippen molar-refractivity contribution in [1.29, 1.82) is 0 Å². The lowest BCUT2D eigenvalue weighted by Crippen LogP contribution is -1.78. The van der Waals surface area contributed by atoms with E-state index in [-0.39, 0.29) is 15.9 Å². The Morgan fingerprint density at radius 1 is 1.17 bits per heavy atom. The van der Waals surface area contributed by atoms with E-state index in [1.807, 2.05) is 0 Å². The first-order valence-corrected chi connectivity index (χ1v) is 4.04. The average molecular weight is 191 g/mol. The number of aromatic nitrogens is 1. The van der Waals surface area contributed by atoms with Crippen molar-refractivity contribution in [3.8, 4) is 0 Å². The number of rotatable bonds is 0. The van der Waals surface area contributed by atoms with E-state index in [0.29, 0.717) is 11.3 Å². The minimum atomic E-state index is -1.10. The number of hydrogen-bond donors (Lipinski definition) is 1. The molecule has 5 heteroatoms. The van der Waals surface area contributed by atoms with E-state index < -0.39 is 16.8 Å². The van der Waals surface area contributed by atoms with Crippen LogP contribution in [0.2, 0.25) is 0 Å². The summed E-state index contributed by atoms with van der Waals surface area (Å²) in [5.74, 6) is -1.81. The maximum atomic E-state index is 13.0. The number of nitrogens with one attached hydrogen (secondary N) is 1. The number of fused-ring (bicyclic) bond motifs is 1. The summed E-state index contributed by atoms with van der Waals surface area (Å²) in [7, 11) is 0. The molecule has 0 atom stereocenters. The van der Waals surface area contributed by atoms with Gasteiger partial charge in [-0.25, -0.2) is 8.78 Å². The summed E-state index contributed by atoms with van der Waals surface area (Å²) in [6.07, 6.45) is 0. The molecule has 0 unspecified atom stereocenters. The van der Waals surface area contributed by atoms with Gasteiger partial charge in [0.05, 0.1) is 5.39 Å². The van der Waals surface area contributed by atoms with Gasteiger partial charge in [0.2, 0.25) is 5.13 Å². The molecule has 2 heterocycles. The lowest BCUT2D eigenvalue weighted by atomic mass is 10.3. The van der Waals surface area contributed by atoms with Crippen LogP contribution in [0.4, 0.5) is 13.2 Å². The Labute approximate surface area is 69.8 Å². The van der Waals surface area contributed by atoms with Crippen LogP contribution in [0.5, 0.6) is 0 Å². The maximum Gasteiger partial charge on any atom is 0.214 e. The molecule has 0 aliphatic carbocycles. The van der Waals surface area contributed by atoms with Crippen molar-refractivity contribution in [3.05, 3.63) is 22.5 Å². The molecular weight excluding hydrogens is 187 g/mol. The summed E-state index contributed by atoms with van der Waals surface area (Å²) in [6, 6.07) is 0. The fourth-order valence-electron chi connectivity index (χ4n) is 1.08. The number of halogens is 3. The van der Waals surface area contributed by atoms with Crippen LogP contribution < -0.4 is 0 Å². The quantitative estimate of drug-likeness (QED) is 0.658. The number of aryl methyl sites for hydroxylation is 1. The van der Waals surface area contributed by atoms with Crippen LogP contribution in [0, 0.1) is 23.7 Å². The average Bonchev–Trinajstić information content (AvgIpc) is 2.40. The fourth-order valence-corrected chi connectivity index (χ4v) is 1.94. The Bertz CT molecular complexity index is 405. The topological polar surface area (TPSA) is 15.8 Å². The van der Waals surface area contributed by atoms with E-state index in [0.717, 1.165) is 0 Å². The van der Waals surface area contributed by atoms with Gasteiger partial charge in [-0.3, -0.25) is 0 Å². The zero-order valence-corrected chi connectivity index (χ0v) is 6.86. The molecule has 0 aliphatic heterocycles. The van der Waals surface area contributed by atoms with E-state index in [9.17, 15) is 13.2 Å². The lowest BCUT2D eigenvalue weighted by Gasteiger charge is -1.84. The van der Waals surface area contributed by atoms with E-state index in [2.05, 4.69) is 4.98 Å². The summed E-state index contributed by atoms with van der Waals surface area (Å²) < 4.78 is 38.3.